The van der Waals surface area contributed by atoms with Crippen LogP contribution in [-0.4, -0.2) is 18.0 Å². The van der Waals surface area contributed by atoms with Crippen LogP contribution < -0.4 is 10.6 Å². The Morgan fingerprint density at radius 1 is 1.57 bits per heavy atom. The maximum atomic E-state index is 12.0. The van der Waals surface area contributed by atoms with Crippen molar-refractivity contribution in [3.63, 3.8) is 0 Å². The van der Waals surface area contributed by atoms with Crippen molar-refractivity contribution in [1.82, 2.24) is 5.32 Å². The van der Waals surface area contributed by atoms with Crippen LogP contribution in [0.5, 0.6) is 0 Å². The number of hydrogen-bond donors (Lipinski definition) is 2. The average molecular weight is 307 g/mol. The molecule has 0 spiro atoms. The second kappa shape index (κ2) is 6.46. The van der Waals surface area contributed by atoms with E-state index in [0.29, 0.717) is 10.9 Å². The summed E-state index contributed by atoms with van der Waals surface area (Å²) in [5, 5.41) is 14.7. The normalized spacial score (nSPS) is 18.4. The third kappa shape index (κ3) is 3.96. The summed E-state index contributed by atoms with van der Waals surface area (Å²) in [6, 6.07) is 9.96. The van der Waals surface area contributed by atoms with Gasteiger partial charge in [-0.15, -0.1) is 0 Å². The second-order valence-corrected chi connectivity index (χ2v) is 6.29. The van der Waals surface area contributed by atoms with Crippen LogP contribution >= 0.6 is 11.6 Å². The minimum Gasteiger partial charge on any atom is -0.333 e. The molecule has 0 bridgehead atoms. The van der Waals surface area contributed by atoms with Crippen molar-refractivity contribution in [2.24, 2.45) is 5.92 Å². The van der Waals surface area contributed by atoms with Crippen molar-refractivity contribution in [1.29, 1.82) is 5.26 Å². The Balaban J connectivity index is 1.87. The van der Waals surface area contributed by atoms with Gasteiger partial charge in [0.1, 0.15) is 11.6 Å². The molecule has 1 aliphatic rings. The highest BCUT2D eigenvalue weighted by atomic mass is 35.5. The fourth-order valence-corrected chi connectivity index (χ4v) is 2.79. The number of amides is 1. The van der Waals surface area contributed by atoms with Gasteiger partial charge in [-0.3, -0.25) is 4.79 Å². The summed E-state index contributed by atoms with van der Waals surface area (Å²) in [5.41, 5.74) is 0.288. The quantitative estimate of drug-likeness (QED) is 0.841. The fourth-order valence-electron chi connectivity index (χ4n) is 2.48. The van der Waals surface area contributed by atoms with Crippen molar-refractivity contribution in [3.05, 3.63) is 34.9 Å². The number of halogens is 1. The standard InChI is InChI=1S/C16H20ClN3O/c1-11(13-5-3-4-6-14(13)17)19-9-15(21)20-16(2,10-18)12-7-8-12/h3-6,11-12,19H,7-9H2,1-2H3,(H,20,21)/p+1/t11-,16-/m0/s1. The van der Waals surface area contributed by atoms with Gasteiger partial charge in [0.05, 0.1) is 6.07 Å². The third-order valence-corrected chi connectivity index (χ3v) is 4.42. The van der Waals surface area contributed by atoms with Gasteiger partial charge in [0.25, 0.3) is 5.91 Å². The maximum Gasteiger partial charge on any atom is 0.276 e. The molecule has 5 heteroatoms. The summed E-state index contributed by atoms with van der Waals surface area (Å²) in [6.45, 7) is 4.11. The number of rotatable bonds is 6. The molecule has 0 unspecified atom stereocenters. The highest BCUT2D eigenvalue weighted by molar-refractivity contribution is 6.31. The first-order chi connectivity index (χ1) is 9.96. The molecule has 112 valence electrons. The molecule has 0 heterocycles. The molecule has 1 amide bonds. The number of carbonyl (C=O) groups excluding carboxylic acids is 1. The molecular formula is C16H21ClN3O+. The van der Waals surface area contributed by atoms with E-state index in [2.05, 4.69) is 11.4 Å². The molecule has 1 aromatic rings. The van der Waals surface area contributed by atoms with Gasteiger partial charge in [0.2, 0.25) is 0 Å². The summed E-state index contributed by atoms with van der Waals surface area (Å²) in [4.78, 5) is 12.0. The highest BCUT2D eigenvalue weighted by Crippen LogP contribution is 2.39. The van der Waals surface area contributed by atoms with E-state index in [0.717, 1.165) is 18.4 Å². The molecule has 1 aliphatic carbocycles. The molecular weight excluding hydrogens is 286 g/mol. The molecule has 1 fully saturated rings. The van der Waals surface area contributed by atoms with Crippen LogP contribution in [-0.2, 0) is 4.79 Å². The average Bonchev–Trinajstić information content (AvgIpc) is 3.30. The molecule has 1 aromatic carbocycles. The zero-order valence-electron chi connectivity index (χ0n) is 12.4. The summed E-state index contributed by atoms with van der Waals surface area (Å²) < 4.78 is 0. The van der Waals surface area contributed by atoms with Crippen LogP contribution in [0, 0.1) is 17.2 Å². The first-order valence-electron chi connectivity index (χ1n) is 7.26. The van der Waals surface area contributed by atoms with Crippen molar-refractivity contribution >= 4 is 17.5 Å². The van der Waals surface area contributed by atoms with Gasteiger partial charge in [-0.05, 0) is 38.7 Å². The molecule has 0 aromatic heterocycles. The maximum absolute atomic E-state index is 12.0. The van der Waals surface area contributed by atoms with Crippen LogP contribution in [0.4, 0.5) is 0 Å². The second-order valence-electron chi connectivity index (χ2n) is 5.89. The number of nitrogens with two attached hydrogens (primary N) is 1. The zero-order chi connectivity index (χ0) is 15.5. The first kappa shape index (κ1) is 15.8. The lowest BCUT2D eigenvalue weighted by Gasteiger charge is -2.22. The minimum atomic E-state index is -0.724. The number of carbonyl (C=O) groups is 1. The van der Waals surface area contributed by atoms with Gasteiger partial charge >= 0.3 is 0 Å². The Kier molecular flexibility index (Phi) is 4.87. The van der Waals surface area contributed by atoms with Crippen molar-refractivity contribution in [3.8, 4) is 6.07 Å². The van der Waals surface area contributed by atoms with Crippen LogP contribution in [0.2, 0.25) is 5.02 Å². The van der Waals surface area contributed by atoms with E-state index in [1.807, 2.05) is 36.5 Å². The predicted molar refractivity (Wildman–Crippen MR) is 81.5 cm³/mol. The van der Waals surface area contributed by atoms with E-state index >= 15 is 0 Å². The summed E-state index contributed by atoms with van der Waals surface area (Å²) in [6.07, 6.45) is 2.04. The van der Waals surface area contributed by atoms with Gasteiger partial charge in [-0.2, -0.15) is 5.26 Å². The molecule has 4 nitrogen and oxygen atoms in total. The Bertz CT molecular complexity index is 565. The van der Waals surface area contributed by atoms with Crippen LogP contribution in [0.1, 0.15) is 38.3 Å². The first-order valence-corrected chi connectivity index (χ1v) is 7.64. The number of nitrogens with zero attached hydrogens (tertiary/aromatic N) is 1. The number of nitrogens with one attached hydrogen (secondary N) is 1. The Morgan fingerprint density at radius 3 is 2.81 bits per heavy atom. The van der Waals surface area contributed by atoms with Crippen LogP contribution in [0.25, 0.3) is 0 Å². The van der Waals surface area contributed by atoms with Crippen molar-refractivity contribution in [2.75, 3.05) is 6.54 Å². The monoisotopic (exact) mass is 306 g/mol. The lowest BCUT2D eigenvalue weighted by atomic mass is 9.98. The number of nitriles is 1. The van der Waals surface area contributed by atoms with E-state index in [1.54, 1.807) is 6.92 Å². The Morgan fingerprint density at radius 2 is 2.24 bits per heavy atom. The van der Waals surface area contributed by atoms with Gasteiger partial charge in [-0.25, -0.2) is 0 Å². The molecule has 0 aliphatic heterocycles. The molecule has 2 rings (SSSR count). The zero-order valence-corrected chi connectivity index (χ0v) is 13.2. The smallest absolute Gasteiger partial charge is 0.276 e. The van der Waals surface area contributed by atoms with E-state index in [9.17, 15) is 10.1 Å². The minimum absolute atomic E-state index is 0.0960. The lowest BCUT2D eigenvalue weighted by Crippen LogP contribution is -2.87. The van der Waals surface area contributed by atoms with Crippen LogP contribution in [0.3, 0.4) is 0 Å². The molecule has 21 heavy (non-hydrogen) atoms. The van der Waals surface area contributed by atoms with E-state index in [1.165, 1.54) is 0 Å². The summed E-state index contributed by atoms with van der Waals surface area (Å²) >= 11 is 6.15. The summed E-state index contributed by atoms with van der Waals surface area (Å²) in [5.74, 6) is 0.192. The molecule has 1 saturated carbocycles. The third-order valence-electron chi connectivity index (χ3n) is 4.08. The fraction of sp³-hybridized carbons (Fsp3) is 0.500. The van der Waals surface area contributed by atoms with Crippen molar-refractivity contribution < 1.29 is 10.1 Å². The Hall–Kier alpha value is -1.57. The van der Waals surface area contributed by atoms with E-state index < -0.39 is 5.54 Å². The van der Waals surface area contributed by atoms with E-state index in [4.69, 9.17) is 11.6 Å². The molecule has 0 saturated heterocycles. The molecule has 0 radical (unpaired) electrons. The number of benzene rings is 1. The van der Waals surface area contributed by atoms with Gasteiger partial charge < -0.3 is 10.6 Å². The molecule has 3 N–H and O–H groups in total. The Labute approximate surface area is 130 Å². The molecule has 2 atom stereocenters. The van der Waals surface area contributed by atoms with Gasteiger partial charge in [0.15, 0.2) is 6.54 Å². The lowest BCUT2D eigenvalue weighted by molar-refractivity contribution is -0.682. The van der Waals surface area contributed by atoms with E-state index in [-0.39, 0.29) is 18.5 Å². The SMILES string of the molecule is C[C@H]([NH2+]CC(=O)N[C@@](C)(C#N)C1CC1)c1ccccc1Cl. The largest absolute Gasteiger partial charge is 0.333 e. The highest BCUT2D eigenvalue weighted by Gasteiger charge is 2.43. The summed E-state index contributed by atoms with van der Waals surface area (Å²) in [7, 11) is 0. The number of quaternary nitrogens is 1. The topological polar surface area (TPSA) is 69.5 Å². The van der Waals surface area contributed by atoms with Gasteiger partial charge in [-0.1, -0.05) is 29.8 Å². The predicted octanol–water partition coefficient (Wildman–Crippen LogP) is 1.77. The number of hydrogen-bond acceptors (Lipinski definition) is 2. The van der Waals surface area contributed by atoms with Crippen LogP contribution in [0.15, 0.2) is 24.3 Å². The van der Waals surface area contributed by atoms with Crippen molar-refractivity contribution in [2.45, 2.75) is 38.3 Å². The van der Waals surface area contributed by atoms with Gasteiger partial charge in [0, 0.05) is 10.6 Å².